The lowest BCUT2D eigenvalue weighted by atomic mass is 10.3. The van der Waals surface area contributed by atoms with Gasteiger partial charge in [0.05, 0.1) is 18.1 Å². The van der Waals surface area contributed by atoms with Crippen LogP contribution in [0.1, 0.15) is 0 Å². The third kappa shape index (κ3) is 3.88. The van der Waals surface area contributed by atoms with Gasteiger partial charge in [-0.3, -0.25) is 4.40 Å². The predicted octanol–water partition coefficient (Wildman–Crippen LogP) is 3.63. The van der Waals surface area contributed by atoms with Crippen LogP contribution in [0.25, 0.3) is 16.9 Å². The second-order valence-electron chi connectivity index (χ2n) is 6.89. The molecule has 0 aliphatic heterocycles. The number of thioether (sulfide) groups is 1. The van der Waals surface area contributed by atoms with Gasteiger partial charge in [-0.25, -0.2) is 14.6 Å². The lowest BCUT2D eigenvalue weighted by molar-refractivity contribution is 0.0786. The van der Waals surface area contributed by atoms with E-state index in [-0.39, 0.29) is 0 Å². The van der Waals surface area contributed by atoms with Gasteiger partial charge in [0.15, 0.2) is 5.65 Å². The molecule has 8 heteroatoms. The van der Waals surface area contributed by atoms with E-state index in [1.807, 2.05) is 40.1 Å². The van der Waals surface area contributed by atoms with E-state index in [0.29, 0.717) is 6.73 Å². The van der Waals surface area contributed by atoms with Crippen LogP contribution in [-0.2, 0) is 11.5 Å². The summed E-state index contributed by atoms with van der Waals surface area (Å²) < 4.78 is 9.63. The normalized spacial score (nSPS) is 12.2. The van der Waals surface area contributed by atoms with Crippen molar-refractivity contribution in [3.8, 4) is 11.3 Å². The minimum atomic E-state index is -1.05. The maximum atomic E-state index is 5.75. The maximum Gasteiger partial charge on any atom is 0.170 e. The Hall–Kier alpha value is -1.64. The Bertz CT molecular complexity index is 823. The Balaban J connectivity index is 1.72. The Morgan fingerprint density at radius 1 is 1.21 bits per heavy atom. The average molecular weight is 362 g/mol. The van der Waals surface area contributed by atoms with E-state index >= 15 is 0 Å². The highest BCUT2D eigenvalue weighted by Crippen LogP contribution is 2.24. The second-order valence-corrected chi connectivity index (χ2v) is 13.3. The van der Waals surface area contributed by atoms with E-state index in [1.54, 1.807) is 18.0 Å². The first-order valence-corrected chi connectivity index (χ1v) is 12.9. The Labute approximate surface area is 147 Å². The number of hydrogen-bond donors (Lipinski definition) is 0. The van der Waals surface area contributed by atoms with Gasteiger partial charge >= 0.3 is 0 Å². The van der Waals surface area contributed by atoms with Crippen LogP contribution < -0.4 is 0 Å². The number of ether oxygens (including phenoxy) is 1. The van der Waals surface area contributed by atoms with Gasteiger partial charge in [-0.2, -0.15) is 5.10 Å². The SMILES string of the molecule is CSc1nccn2c(-c3cnn(COCC[Si](C)(C)C)c3)cnc12. The van der Waals surface area contributed by atoms with Crippen molar-refractivity contribution in [2.75, 3.05) is 12.9 Å². The number of rotatable bonds is 7. The minimum Gasteiger partial charge on any atom is -0.360 e. The van der Waals surface area contributed by atoms with Crippen molar-refractivity contribution < 1.29 is 4.74 Å². The first-order valence-electron chi connectivity index (χ1n) is 7.94. The molecule has 3 aromatic heterocycles. The highest BCUT2D eigenvalue weighted by molar-refractivity contribution is 7.98. The molecular formula is C16H23N5OSSi. The molecule has 0 unspecified atom stereocenters. The van der Waals surface area contributed by atoms with E-state index < -0.39 is 8.07 Å². The van der Waals surface area contributed by atoms with E-state index in [1.165, 1.54) is 6.04 Å². The molecule has 3 heterocycles. The summed E-state index contributed by atoms with van der Waals surface area (Å²) in [5.41, 5.74) is 2.91. The van der Waals surface area contributed by atoms with Crippen molar-refractivity contribution in [1.29, 1.82) is 0 Å². The molecule has 0 atom stereocenters. The zero-order valence-corrected chi connectivity index (χ0v) is 16.4. The molecule has 0 spiro atoms. The molecule has 0 amide bonds. The number of fused-ring (bicyclic) bond motifs is 1. The monoisotopic (exact) mass is 361 g/mol. The quantitative estimate of drug-likeness (QED) is 0.365. The first-order chi connectivity index (χ1) is 11.5. The van der Waals surface area contributed by atoms with Crippen molar-refractivity contribution in [2.45, 2.75) is 37.4 Å². The number of aromatic nitrogens is 5. The largest absolute Gasteiger partial charge is 0.360 e. The Morgan fingerprint density at radius 2 is 2.04 bits per heavy atom. The molecule has 0 saturated carbocycles. The molecule has 0 aromatic carbocycles. The van der Waals surface area contributed by atoms with Gasteiger partial charge in [0, 0.05) is 38.8 Å². The van der Waals surface area contributed by atoms with Gasteiger partial charge in [0.1, 0.15) is 11.8 Å². The highest BCUT2D eigenvalue weighted by atomic mass is 32.2. The molecular weight excluding hydrogens is 338 g/mol. The number of imidazole rings is 1. The van der Waals surface area contributed by atoms with Crippen LogP contribution in [0.2, 0.25) is 25.7 Å². The topological polar surface area (TPSA) is 57.2 Å². The summed E-state index contributed by atoms with van der Waals surface area (Å²) in [5.74, 6) is 0. The van der Waals surface area contributed by atoms with E-state index in [0.717, 1.165) is 28.5 Å². The molecule has 0 N–H and O–H groups in total. The van der Waals surface area contributed by atoms with Crippen LogP contribution >= 0.6 is 11.8 Å². The summed E-state index contributed by atoms with van der Waals surface area (Å²) >= 11 is 1.60. The Kier molecular flexibility index (Phi) is 5.07. The van der Waals surface area contributed by atoms with Gasteiger partial charge in [-0.1, -0.05) is 19.6 Å². The van der Waals surface area contributed by atoms with Crippen molar-refractivity contribution in [1.82, 2.24) is 24.1 Å². The van der Waals surface area contributed by atoms with Crippen LogP contribution in [0.4, 0.5) is 0 Å². The minimum absolute atomic E-state index is 0.485. The third-order valence-electron chi connectivity index (χ3n) is 3.74. The van der Waals surface area contributed by atoms with Crippen LogP contribution in [0.15, 0.2) is 36.0 Å². The van der Waals surface area contributed by atoms with Crippen molar-refractivity contribution in [3.05, 3.63) is 31.0 Å². The molecule has 0 aliphatic rings. The molecule has 0 saturated heterocycles. The lowest BCUT2D eigenvalue weighted by Gasteiger charge is -2.15. The van der Waals surface area contributed by atoms with Crippen LogP contribution in [0.3, 0.4) is 0 Å². The van der Waals surface area contributed by atoms with E-state index in [4.69, 9.17) is 4.74 Å². The Morgan fingerprint density at radius 3 is 2.79 bits per heavy atom. The lowest BCUT2D eigenvalue weighted by Crippen LogP contribution is -2.22. The molecule has 6 nitrogen and oxygen atoms in total. The van der Waals surface area contributed by atoms with E-state index in [9.17, 15) is 0 Å². The highest BCUT2D eigenvalue weighted by Gasteiger charge is 2.13. The molecule has 24 heavy (non-hydrogen) atoms. The summed E-state index contributed by atoms with van der Waals surface area (Å²) in [6.07, 6.45) is 11.4. The predicted molar refractivity (Wildman–Crippen MR) is 100 cm³/mol. The first kappa shape index (κ1) is 17.2. The zero-order chi connectivity index (χ0) is 17.2. The van der Waals surface area contributed by atoms with Crippen molar-refractivity contribution in [2.24, 2.45) is 0 Å². The van der Waals surface area contributed by atoms with Gasteiger partial charge < -0.3 is 4.74 Å². The standard InChI is InChI=1S/C16H23N5OSSi/c1-23-16-15-18-10-14(21(15)6-5-17-16)13-9-19-20(11-13)12-22-7-8-24(2,3)4/h5-6,9-11H,7-8,12H2,1-4H3. The van der Waals surface area contributed by atoms with Crippen LogP contribution in [0, 0.1) is 0 Å². The summed E-state index contributed by atoms with van der Waals surface area (Å²) in [6, 6.07) is 1.17. The van der Waals surface area contributed by atoms with Crippen LogP contribution in [0.5, 0.6) is 0 Å². The fraction of sp³-hybridized carbons (Fsp3) is 0.438. The molecule has 3 rings (SSSR count). The van der Waals surface area contributed by atoms with Gasteiger partial charge in [-0.05, 0) is 12.3 Å². The third-order valence-corrected chi connectivity index (χ3v) is 6.12. The fourth-order valence-corrected chi connectivity index (χ4v) is 3.61. The number of nitrogens with zero attached hydrogens (tertiary/aromatic N) is 5. The molecule has 0 radical (unpaired) electrons. The summed E-state index contributed by atoms with van der Waals surface area (Å²) in [6.45, 7) is 8.34. The molecule has 128 valence electrons. The maximum absolute atomic E-state index is 5.75. The molecule has 0 aliphatic carbocycles. The smallest absolute Gasteiger partial charge is 0.170 e. The van der Waals surface area contributed by atoms with Crippen LogP contribution in [-0.4, -0.2) is 45.1 Å². The van der Waals surface area contributed by atoms with E-state index in [2.05, 4.69) is 34.7 Å². The van der Waals surface area contributed by atoms with Crippen molar-refractivity contribution >= 4 is 25.5 Å². The summed E-state index contributed by atoms with van der Waals surface area (Å²) in [5, 5.41) is 5.32. The van der Waals surface area contributed by atoms with Gasteiger partial charge in [0.25, 0.3) is 0 Å². The average Bonchev–Trinajstić information content (AvgIpc) is 3.16. The summed E-state index contributed by atoms with van der Waals surface area (Å²) in [7, 11) is -1.05. The fourth-order valence-electron chi connectivity index (χ4n) is 2.36. The zero-order valence-electron chi connectivity index (χ0n) is 14.6. The van der Waals surface area contributed by atoms with Gasteiger partial charge in [0.2, 0.25) is 0 Å². The summed E-state index contributed by atoms with van der Waals surface area (Å²) in [4.78, 5) is 8.84. The molecule has 0 bridgehead atoms. The van der Waals surface area contributed by atoms with Crippen molar-refractivity contribution in [3.63, 3.8) is 0 Å². The second kappa shape index (κ2) is 7.08. The van der Waals surface area contributed by atoms with Gasteiger partial charge in [-0.15, -0.1) is 11.8 Å². The molecule has 3 aromatic rings. The number of hydrogen-bond acceptors (Lipinski definition) is 5. The molecule has 0 fully saturated rings.